The van der Waals surface area contributed by atoms with Gasteiger partial charge in [0.05, 0.1) is 0 Å². The van der Waals surface area contributed by atoms with Gasteiger partial charge >= 0.3 is 0 Å². The monoisotopic (exact) mass is 318 g/mol. The van der Waals surface area contributed by atoms with E-state index < -0.39 is 5.82 Å². The Morgan fingerprint density at radius 3 is 2.63 bits per heavy atom. The molecule has 94 valence electrons. The summed E-state index contributed by atoms with van der Waals surface area (Å²) < 4.78 is 19.5. The molecule has 0 atom stereocenters. The number of furan rings is 1. The van der Waals surface area contributed by atoms with Crippen LogP contribution in [0.1, 0.15) is 16.1 Å². The molecule has 0 fully saturated rings. The van der Waals surface area contributed by atoms with Crippen LogP contribution >= 0.6 is 15.9 Å². The van der Waals surface area contributed by atoms with E-state index in [1.165, 1.54) is 6.07 Å². The Morgan fingerprint density at radius 1 is 1.11 bits per heavy atom. The Bertz CT molecular complexity index is 777. The number of ketones is 1. The number of hydrogen-bond donors (Lipinski definition) is 0. The lowest BCUT2D eigenvalue weighted by Crippen LogP contribution is -2.00. The molecule has 2 nitrogen and oxygen atoms in total. The number of rotatable bonds is 2. The summed E-state index contributed by atoms with van der Waals surface area (Å²) in [5, 5.41) is 0.579. The van der Waals surface area contributed by atoms with Crippen molar-refractivity contribution >= 4 is 32.7 Å². The zero-order valence-corrected chi connectivity index (χ0v) is 11.3. The van der Waals surface area contributed by atoms with E-state index in [1.54, 1.807) is 36.4 Å². The second-order valence-corrected chi connectivity index (χ2v) is 4.93. The first-order chi connectivity index (χ1) is 9.16. The molecule has 0 N–H and O–H groups in total. The van der Waals surface area contributed by atoms with E-state index in [0.717, 1.165) is 0 Å². The summed E-state index contributed by atoms with van der Waals surface area (Å²) in [6.45, 7) is 0. The van der Waals surface area contributed by atoms with Crippen LogP contribution in [0.15, 0.2) is 57.4 Å². The number of para-hydroxylation sites is 1. The molecule has 1 heterocycles. The van der Waals surface area contributed by atoms with Gasteiger partial charge in [-0.25, -0.2) is 4.39 Å². The van der Waals surface area contributed by atoms with Crippen LogP contribution in [0, 0.1) is 5.82 Å². The van der Waals surface area contributed by atoms with Crippen LogP contribution < -0.4 is 0 Å². The molecule has 1 aromatic heterocycles. The highest BCUT2D eigenvalue weighted by atomic mass is 79.9. The first-order valence-electron chi connectivity index (χ1n) is 5.64. The van der Waals surface area contributed by atoms with Crippen LogP contribution in [0.3, 0.4) is 0 Å². The Balaban J connectivity index is 2.12. The fourth-order valence-corrected chi connectivity index (χ4v) is 2.38. The van der Waals surface area contributed by atoms with Crippen molar-refractivity contribution in [3.8, 4) is 0 Å². The minimum Gasteiger partial charge on any atom is -0.449 e. The summed E-state index contributed by atoms with van der Waals surface area (Å²) in [6, 6.07) is 13.2. The lowest BCUT2D eigenvalue weighted by Gasteiger charge is -1.99. The van der Waals surface area contributed by atoms with Gasteiger partial charge in [-0.2, -0.15) is 0 Å². The number of carbonyl (C=O) groups excluding carboxylic acids is 1. The largest absolute Gasteiger partial charge is 0.449 e. The standard InChI is InChI=1S/C15H8BrFO2/c16-11-6-2-1-5-10(11)14(18)13-8-9-4-3-7-12(17)15(9)19-13/h1-8H. The molecule has 0 bridgehead atoms. The lowest BCUT2D eigenvalue weighted by atomic mass is 10.1. The van der Waals surface area contributed by atoms with Gasteiger partial charge in [0.15, 0.2) is 17.2 Å². The van der Waals surface area contributed by atoms with Gasteiger partial charge in [0.1, 0.15) is 0 Å². The third-order valence-electron chi connectivity index (χ3n) is 2.84. The first-order valence-corrected chi connectivity index (χ1v) is 6.43. The summed E-state index contributed by atoms with van der Waals surface area (Å²) in [4.78, 5) is 12.3. The van der Waals surface area contributed by atoms with Crippen molar-refractivity contribution in [2.75, 3.05) is 0 Å². The van der Waals surface area contributed by atoms with Gasteiger partial charge in [0, 0.05) is 15.4 Å². The van der Waals surface area contributed by atoms with Crippen LogP contribution in [0.5, 0.6) is 0 Å². The molecule has 0 amide bonds. The van der Waals surface area contributed by atoms with Gasteiger partial charge in [-0.05, 0) is 24.3 Å². The smallest absolute Gasteiger partial charge is 0.229 e. The number of hydrogen-bond acceptors (Lipinski definition) is 2. The number of fused-ring (bicyclic) bond motifs is 1. The van der Waals surface area contributed by atoms with Crippen molar-refractivity contribution < 1.29 is 13.6 Å². The second kappa shape index (κ2) is 4.63. The summed E-state index contributed by atoms with van der Waals surface area (Å²) in [5.41, 5.74) is 0.597. The molecular formula is C15H8BrFO2. The SMILES string of the molecule is O=C(c1cc2cccc(F)c2o1)c1ccccc1Br. The molecule has 2 aromatic carbocycles. The maximum absolute atomic E-state index is 13.5. The van der Waals surface area contributed by atoms with Gasteiger partial charge < -0.3 is 4.42 Å². The van der Waals surface area contributed by atoms with Crippen LogP contribution in [0.4, 0.5) is 4.39 Å². The van der Waals surface area contributed by atoms with Crippen LogP contribution in [0.25, 0.3) is 11.0 Å². The van der Waals surface area contributed by atoms with E-state index >= 15 is 0 Å². The Labute approximate surface area is 117 Å². The van der Waals surface area contributed by atoms with Crippen molar-refractivity contribution in [1.82, 2.24) is 0 Å². The predicted octanol–water partition coefficient (Wildman–Crippen LogP) is 4.57. The van der Waals surface area contributed by atoms with E-state index in [-0.39, 0.29) is 17.1 Å². The molecule has 0 unspecified atom stereocenters. The zero-order valence-electron chi connectivity index (χ0n) is 9.69. The molecule has 0 aliphatic heterocycles. The number of benzene rings is 2. The van der Waals surface area contributed by atoms with E-state index in [9.17, 15) is 9.18 Å². The van der Waals surface area contributed by atoms with Gasteiger partial charge in [-0.3, -0.25) is 4.79 Å². The Morgan fingerprint density at radius 2 is 1.89 bits per heavy atom. The van der Waals surface area contributed by atoms with Gasteiger partial charge in [-0.1, -0.05) is 40.2 Å². The van der Waals surface area contributed by atoms with Gasteiger partial charge in [-0.15, -0.1) is 0 Å². The molecular weight excluding hydrogens is 311 g/mol. The first kappa shape index (κ1) is 12.1. The second-order valence-electron chi connectivity index (χ2n) is 4.08. The minimum absolute atomic E-state index is 0.109. The van der Waals surface area contributed by atoms with E-state index in [4.69, 9.17) is 4.42 Å². The van der Waals surface area contributed by atoms with Gasteiger partial charge in [0.2, 0.25) is 5.78 Å². The van der Waals surface area contributed by atoms with Crippen molar-refractivity contribution in [2.45, 2.75) is 0 Å². The predicted molar refractivity (Wildman–Crippen MR) is 73.7 cm³/mol. The molecule has 0 aliphatic rings. The minimum atomic E-state index is -0.469. The Kier molecular flexibility index (Phi) is 2.95. The van der Waals surface area contributed by atoms with Crippen LogP contribution in [-0.4, -0.2) is 5.78 Å². The van der Waals surface area contributed by atoms with E-state index in [1.807, 2.05) is 6.07 Å². The van der Waals surface area contributed by atoms with Crippen molar-refractivity contribution in [3.63, 3.8) is 0 Å². The third-order valence-corrected chi connectivity index (χ3v) is 3.53. The van der Waals surface area contributed by atoms with Crippen LogP contribution in [0.2, 0.25) is 0 Å². The summed E-state index contributed by atoms with van der Waals surface area (Å²) >= 11 is 3.32. The quantitative estimate of drug-likeness (QED) is 0.648. The molecule has 19 heavy (non-hydrogen) atoms. The van der Waals surface area contributed by atoms with Crippen molar-refractivity contribution in [1.29, 1.82) is 0 Å². The maximum atomic E-state index is 13.5. The maximum Gasteiger partial charge on any atom is 0.229 e. The highest BCUT2D eigenvalue weighted by molar-refractivity contribution is 9.10. The highest BCUT2D eigenvalue weighted by Crippen LogP contribution is 2.26. The average Bonchev–Trinajstić information content (AvgIpc) is 2.84. The fraction of sp³-hybridized carbons (Fsp3) is 0. The number of carbonyl (C=O) groups is 1. The topological polar surface area (TPSA) is 30.2 Å². The van der Waals surface area contributed by atoms with E-state index in [0.29, 0.717) is 15.4 Å². The zero-order chi connectivity index (χ0) is 13.4. The van der Waals surface area contributed by atoms with Crippen LogP contribution in [-0.2, 0) is 0 Å². The summed E-state index contributed by atoms with van der Waals surface area (Å²) in [5.74, 6) is -0.612. The third kappa shape index (κ3) is 2.08. The van der Waals surface area contributed by atoms with E-state index in [2.05, 4.69) is 15.9 Å². The normalized spacial score (nSPS) is 10.8. The lowest BCUT2D eigenvalue weighted by molar-refractivity contribution is 0.101. The van der Waals surface area contributed by atoms with Gasteiger partial charge in [0.25, 0.3) is 0 Å². The molecule has 0 radical (unpaired) electrons. The molecule has 4 heteroatoms. The number of halogens is 2. The fourth-order valence-electron chi connectivity index (χ4n) is 1.92. The van der Waals surface area contributed by atoms with Crippen molar-refractivity contribution in [3.05, 3.63) is 70.1 Å². The molecule has 0 spiro atoms. The Hall–Kier alpha value is -1.94. The highest BCUT2D eigenvalue weighted by Gasteiger charge is 2.17. The van der Waals surface area contributed by atoms with Crippen molar-refractivity contribution in [2.24, 2.45) is 0 Å². The molecule has 3 rings (SSSR count). The summed E-state index contributed by atoms with van der Waals surface area (Å²) in [7, 11) is 0. The molecule has 0 saturated carbocycles. The average molecular weight is 319 g/mol. The molecule has 0 saturated heterocycles. The molecule has 0 aliphatic carbocycles. The summed E-state index contributed by atoms with van der Waals surface area (Å²) in [6.07, 6.45) is 0. The molecule has 3 aromatic rings.